The smallest absolute Gasteiger partial charge is 0.335 e. The first-order chi connectivity index (χ1) is 12.3. The van der Waals surface area contributed by atoms with Gasteiger partial charge in [0.1, 0.15) is 4.90 Å². The quantitative estimate of drug-likeness (QED) is 0.591. The summed E-state index contributed by atoms with van der Waals surface area (Å²) in [6.45, 7) is 4.06. The number of hydrogen-bond donors (Lipinski definition) is 3. The van der Waals surface area contributed by atoms with Crippen molar-refractivity contribution in [3.8, 4) is 0 Å². The molecule has 0 spiro atoms. The molecule has 0 bridgehead atoms. The maximum atomic E-state index is 13.0. The van der Waals surface area contributed by atoms with Gasteiger partial charge in [0.05, 0.1) is 11.3 Å². The Morgan fingerprint density at radius 1 is 1.23 bits per heavy atom. The van der Waals surface area contributed by atoms with E-state index < -0.39 is 16.0 Å². The van der Waals surface area contributed by atoms with Crippen molar-refractivity contribution in [1.82, 2.24) is 4.72 Å². The molecule has 1 aliphatic rings. The maximum absolute atomic E-state index is 13.0. The molecule has 0 aliphatic heterocycles. The van der Waals surface area contributed by atoms with E-state index in [9.17, 15) is 18.3 Å². The molecule has 1 atom stereocenters. The zero-order chi connectivity index (χ0) is 19.2. The van der Waals surface area contributed by atoms with Gasteiger partial charge in [-0.2, -0.15) is 0 Å². The Morgan fingerprint density at radius 2 is 1.88 bits per heavy atom. The van der Waals surface area contributed by atoms with Crippen LogP contribution in [0.25, 0.3) is 0 Å². The monoisotopic (exact) mass is 382 g/mol. The lowest BCUT2D eigenvalue weighted by Crippen LogP contribution is -2.35. The molecule has 1 aliphatic carbocycles. The van der Waals surface area contributed by atoms with Crippen molar-refractivity contribution in [1.29, 1.82) is 0 Å². The molecule has 1 aromatic carbocycles. The predicted molar refractivity (Wildman–Crippen MR) is 103 cm³/mol. The molecule has 0 aromatic heterocycles. The highest BCUT2D eigenvalue weighted by Crippen LogP contribution is 2.26. The van der Waals surface area contributed by atoms with E-state index in [0.717, 1.165) is 51.4 Å². The number of rotatable bonds is 8. The number of carboxylic acids is 1. The largest absolute Gasteiger partial charge is 0.478 e. The lowest BCUT2D eigenvalue weighted by molar-refractivity contribution is 0.0696. The van der Waals surface area contributed by atoms with E-state index in [1.165, 1.54) is 12.1 Å². The van der Waals surface area contributed by atoms with Crippen LogP contribution in [0.3, 0.4) is 0 Å². The Labute approximate surface area is 156 Å². The van der Waals surface area contributed by atoms with Crippen LogP contribution in [-0.2, 0) is 10.0 Å². The van der Waals surface area contributed by atoms with Crippen LogP contribution >= 0.6 is 0 Å². The van der Waals surface area contributed by atoms with Gasteiger partial charge in [-0.25, -0.2) is 17.9 Å². The van der Waals surface area contributed by atoms with Gasteiger partial charge in [0.2, 0.25) is 10.0 Å². The van der Waals surface area contributed by atoms with E-state index in [-0.39, 0.29) is 22.5 Å². The van der Waals surface area contributed by atoms with E-state index >= 15 is 0 Å². The number of carboxylic acid groups (broad SMARTS) is 1. The van der Waals surface area contributed by atoms with Crippen molar-refractivity contribution >= 4 is 21.7 Å². The molecule has 3 N–H and O–H groups in total. The lowest BCUT2D eigenvalue weighted by Gasteiger charge is -2.21. The SMILES string of the molecule is CCC[C@@H](C)Nc1ccc(C(=O)O)cc1S(=O)(=O)NC1CCCCCC1. The summed E-state index contributed by atoms with van der Waals surface area (Å²) in [5, 5.41) is 12.5. The van der Waals surface area contributed by atoms with Gasteiger partial charge in [-0.3, -0.25) is 0 Å². The van der Waals surface area contributed by atoms with Crippen LogP contribution in [0.4, 0.5) is 5.69 Å². The van der Waals surface area contributed by atoms with Crippen LogP contribution in [0.15, 0.2) is 23.1 Å². The second-order valence-electron chi connectivity index (χ2n) is 7.16. The van der Waals surface area contributed by atoms with Gasteiger partial charge in [0.25, 0.3) is 0 Å². The first-order valence-electron chi connectivity index (χ1n) is 9.49. The van der Waals surface area contributed by atoms with Gasteiger partial charge in [0, 0.05) is 12.1 Å². The molecule has 146 valence electrons. The summed E-state index contributed by atoms with van der Waals surface area (Å²) in [5.74, 6) is -1.14. The minimum Gasteiger partial charge on any atom is -0.478 e. The van der Waals surface area contributed by atoms with Gasteiger partial charge >= 0.3 is 5.97 Å². The lowest BCUT2D eigenvalue weighted by atomic mass is 10.1. The molecule has 0 saturated heterocycles. The minimum atomic E-state index is -3.80. The molecule has 2 rings (SSSR count). The summed E-state index contributed by atoms with van der Waals surface area (Å²) in [6, 6.07) is 4.26. The van der Waals surface area contributed by atoms with Crippen LogP contribution in [0, 0.1) is 0 Å². The Balaban J connectivity index is 2.32. The summed E-state index contributed by atoms with van der Waals surface area (Å²) in [7, 11) is -3.80. The number of nitrogens with one attached hydrogen (secondary N) is 2. The number of anilines is 1. The molecule has 0 radical (unpaired) electrons. The Morgan fingerprint density at radius 3 is 2.46 bits per heavy atom. The van der Waals surface area contributed by atoms with Crippen LogP contribution < -0.4 is 10.0 Å². The molecular formula is C19H30N2O4S. The fraction of sp³-hybridized carbons (Fsp3) is 0.632. The van der Waals surface area contributed by atoms with E-state index in [1.807, 2.05) is 6.92 Å². The van der Waals surface area contributed by atoms with E-state index in [1.54, 1.807) is 6.07 Å². The maximum Gasteiger partial charge on any atom is 0.335 e. The van der Waals surface area contributed by atoms with Gasteiger partial charge in [-0.05, 0) is 44.4 Å². The number of hydrogen-bond acceptors (Lipinski definition) is 4. The molecule has 0 unspecified atom stereocenters. The van der Waals surface area contributed by atoms with Crippen molar-refractivity contribution in [2.45, 2.75) is 82.2 Å². The number of benzene rings is 1. The zero-order valence-corrected chi connectivity index (χ0v) is 16.4. The van der Waals surface area contributed by atoms with E-state index in [2.05, 4.69) is 17.0 Å². The van der Waals surface area contributed by atoms with Crippen molar-refractivity contribution in [3.05, 3.63) is 23.8 Å². The van der Waals surface area contributed by atoms with Crippen LogP contribution in [-0.4, -0.2) is 31.6 Å². The highest BCUT2D eigenvalue weighted by molar-refractivity contribution is 7.89. The average molecular weight is 383 g/mol. The summed E-state index contributed by atoms with van der Waals surface area (Å²) in [6.07, 6.45) is 7.82. The molecule has 1 fully saturated rings. The van der Waals surface area contributed by atoms with Gasteiger partial charge in [-0.1, -0.05) is 39.0 Å². The normalized spacial score (nSPS) is 17.5. The Bertz CT molecular complexity index is 710. The Kier molecular flexibility index (Phi) is 7.46. The molecule has 1 aromatic rings. The third-order valence-corrected chi connectivity index (χ3v) is 6.38. The van der Waals surface area contributed by atoms with Gasteiger partial charge in [0.15, 0.2) is 0 Å². The van der Waals surface area contributed by atoms with Crippen molar-refractivity contribution in [2.75, 3.05) is 5.32 Å². The topological polar surface area (TPSA) is 95.5 Å². The molecule has 6 nitrogen and oxygen atoms in total. The zero-order valence-electron chi connectivity index (χ0n) is 15.6. The molecule has 1 saturated carbocycles. The molecule has 7 heteroatoms. The van der Waals surface area contributed by atoms with E-state index in [4.69, 9.17) is 0 Å². The highest BCUT2D eigenvalue weighted by atomic mass is 32.2. The summed E-state index contributed by atoms with van der Waals surface area (Å²) in [5.41, 5.74) is 0.428. The molecule has 0 amide bonds. The minimum absolute atomic E-state index is 0.0181. The first-order valence-corrected chi connectivity index (χ1v) is 11.0. The third-order valence-electron chi connectivity index (χ3n) is 4.82. The second kappa shape index (κ2) is 9.37. The Hall–Kier alpha value is -1.60. The van der Waals surface area contributed by atoms with Crippen LogP contribution in [0.5, 0.6) is 0 Å². The molecular weight excluding hydrogens is 352 g/mol. The molecule has 0 heterocycles. The summed E-state index contributed by atoms with van der Waals surface area (Å²) < 4.78 is 28.8. The fourth-order valence-electron chi connectivity index (χ4n) is 3.45. The molecule has 26 heavy (non-hydrogen) atoms. The number of carbonyl (C=O) groups is 1. The number of sulfonamides is 1. The van der Waals surface area contributed by atoms with Crippen molar-refractivity contribution < 1.29 is 18.3 Å². The fourth-order valence-corrected chi connectivity index (χ4v) is 4.95. The van der Waals surface area contributed by atoms with Crippen LogP contribution in [0.2, 0.25) is 0 Å². The van der Waals surface area contributed by atoms with Crippen molar-refractivity contribution in [2.24, 2.45) is 0 Å². The second-order valence-corrected chi connectivity index (χ2v) is 8.84. The highest BCUT2D eigenvalue weighted by Gasteiger charge is 2.25. The van der Waals surface area contributed by atoms with Crippen molar-refractivity contribution in [3.63, 3.8) is 0 Å². The third kappa shape index (κ3) is 5.71. The standard InChI is InChI=1S/C19H30N2O4S/c1-3-8-14(2)20-17-12-11-15(19(22)23)13-18(17)26(24,25)21-16-9-6-4-5-7-10-16/h11-14,16,20-21H,3-10H2,1-2H3,(H,22,23)/t14-/m1/s1. The van der Waals surface area contributed by atoms with E-state index in [0.29, 0.717) is 5.69 Å². The van der Waals surface area contributed by atoms with Crippen LogP contribution in [0.1, 0.15) is 75.6 Å². The first kappa shape index (κ1) is 20.7. The van der Waals surface area contributed by atoms with Gasteiger partial charge < -0.3 is 10.4 Å². The predicted octanol–water partition coefficient (Wildman–Crippen LogP) is 3.99. The average Bonchev–Trinajstić information content (AvgIpc) is 2.83. The number of aromatic carboxylic acids is 1. The summed E-state index contributed by atoms with van der Waals surface area (Å²) in [4.78, 5) is 11.3. The summed E-state index contributed by atoms with van der Waals surface area (Å²) >= 11 is 0. The van der Waals surface area contributed by atoms with Gasteiger partial charge in [-0.15, -0.1) is 0 Å².